The van der Waals surface area contributed by atoms with E-state index in [-0.39, 0.29) is 17.1 Å². The number of thiocarbonyl (C=S) groups is 1. The minimum atomic E-state index is -4.54. The average molecular weight is 416 g/mol. The molecule has 3 rings (SSSR count). The fraction of sp³-hybridized carbons (Fsp3) is 0.737. The Hall–Kier alpha value is -1.64. The van der Waals surface area contributed by atoms with Crippen LogP contribution >= 0.6 is 12.2 Å². The normalized spacial score (nSPS) is 24.1. The number of nitrogens with one attached hydrogen (secondary N) is 2. The maximum absolute atomic E-state index is 13.4. The second-order valence-electron chi connectivity index (χ2n) is 8.22. The molecule has 28 heavy (non-hydrogen) atoms. The van der Waals surface area contributed by atoms with E-state index in [4.69, 9.17) is 12.2 Å². The van der Waals surface area contributed by atoms with Crippen LogP contribution < -0.4 is 15.5 Å². The van der Waals surface area contributed by atoms with Crippen LogP contribution in [0.15, 0.2) is 6.07 Å². The Labute approximate surface area is 169 Å². The van der Waals surface area contributed by atoms with Crippen LogP contribution in [0.3, 0.4) is 0 Å². The Morgan fingerprint density at radius 2 is 1.75 bits per heavy atom. The Morgan fingerprint density at radius 1 is 1.11 bits per heavy atom. The van der Waals surface area contributed by atoms with Gasteiger partial charge < -0.3 is 15.5 Å². The molecule has 1 aliphatic carbocycles. The van der Waals surface area contributed by atoms with E-state index in [0.29, 0.717) is 30.7 Å². The van der Waals surface area contributed by atoms with E-state index in [1.807, 2.05) is 4.90 Å². The molecule has 2 heterocycles. The first-order valence-electron chi connectivity index (χ1n) is 9.99. The lowest BCUT2D eigenvalue weighted by molar-refractivity contribution is -0.141. The number of nitrogens with zero attached hydrogens (tertiary/aromatic N) is 3. The van der Waals surface area contributed by atoms with Crippen molar-refractivity contribution in [1.29, 1.82) is 0 Å². The summed E-state index contributed by atoms with van der Waals surface area (Å²) >= 11 is 5.29. The number of hydrogen-bond acceptors (Lipinski definition) is 4. The van der Waals surface area contributed by atoms with Gasteiger partial charge in [-0.2, -0.15) is 18.2 Å². The van der Waals surface area contributed by atoms with Gasteiger partial charge in [-0.1, -0.05) is 33.1 Å². The van der Waals surface area contributed by atoms with Crippen LogP contribution in [0.4, 0.5) is 24.9 Å². The molecule has 1 saturated heterocycles. The summed E-state index contributed by atoms with van der Waals surface area (Å²) in [6, 6.07) is 1.29. The standard InChI is InChI=1S/C19H28F3N5S/c1-12-8-13(2)11-27(10-12)16-9-15(19(20,21)22)24-17(25-16)26-18(28)23-14-6-4-3-5-7-14/h9,12-14H,3-8,10-11H2,1-2H3,(H2,23,24,25,26,28)/t12-,13-/m1/s1. The molecule has 1 saturated carbocycles. The van der Waals surface area contributed by atoms with Crippen molar-refractivity contribution in [3.8, 4) is 0 Å². The molecule has 156 valence electrons. The van der Waals surface area contributed by atoms with Gasteiger partial charge in [-0.25, -0.2) is 4.98 Å². The van der Waals surface area contributed by atoms with Gasteiger partial charge in [-0.15, -0.1) is 0 Å². The van der Waals surface area contributed by atoms with Crippen molar-refractivity contribution in [3.05, 3.63) is 11.8 Å². The maximum Gasteiger partial charge on any atom is 0.433 e. The number of hydrogen-bond donors (Lipinski definition) is 2. The van der Waals surface area contributed by atoms with Crippen LogP contribution in [0, 0.1) is 11.8 Å². The van der Waals surface area contributed by atoms with Crippen LogP contribution in [-0.4, -0.2) is 34.2 Å². The van der Waals surface area contributed by atoms with Gasteiger partial charge in [-0.3, -0.25) is 0 Å². The van der Waals surface area contributed by atoms with Crippen molar-refractivity contribution in [3.63, 3.8) is 0 Å². The van der Waals surface area contributed by atoms with E-state index in [2.05, 4.69) is 34.4 Å². The van der Waals surface area contributed by atoms with Crippen LogP contribution in [0.1, 0.15) is 58.1 Å². The van der Waals surface area contributed by atoms with E-state index in [1.54, 1.807) is 0 Å². The van der Waals surface area contributed by atoms with Gasteiger partial charge in [0.2, 0.25) is 5.95 Å². The first-order chi connectivity index (χ1) is 13.2. The van der Waals surface area contributed by atoms with E-state index < -0.39 is 11.9 Å². The fourth-order valence-corrected chi connectivity index (χ4v) is 4.48. The fourth-order valence-electron chi connectivity index (χ4n) is 4.22. The van der Waals surface area contributed by atoms with Crippen molar-refractivity contribution in [2.75, 3.05) is 23.3 Å². The first-order valence-corrected chi connectivity index (χ1v) is 10.4. The van der Waals surface area contributed by atoms with Crippen molar-refractivity contribution in [1.82, 2.24) is 15.3 Å². The first kappa shape index (κ1) is 21.1. The zero-order valence-corrected chi connectivity index (χ0v) is 17.2. The van der Waals surface area contributed by atoms with Crippen molar-refractivity contribution in [2.24, 2.45) is 11.8 Å². The third-order valence-corrected chi connectivity index (χ3v) is 5.58. The van der Waals surface area contributed by atoms with Gasteiger partial charge >= 0.3 is 6.18 Å². The third kappa shape index (κ3) is 5.68. The van der Waals surface area contributed by atoms with Crippen LogP contribution in [0.5, 0.6) is 0 Å². The van der Waals surface area contributed by atoms with Crippen LogP contribution in [-0.2, 0) is 6.18 Å². The second-order valence-corrected chi connectivity index (χ2v) is 8.63. The Kier molecular flexibility index (Phi) is 6.62. The molecule has 1 aromatic heterocycles. The van der Waals surface area contributed by atoms with E-state index in [0.717, 1.165) is 38.2 Å². The van der Waals surface area contributed by atoms with E-state index >= 15 is 0 Å². The van der Waals surface area contributed by atoms with Crippen molar-refractivity contribution < 1.29 is 13.2 Å². The third-order valence-electron chi connectivity index (χ3n) is 5.36. The lowest BCUT2D eigenvalue weighted by Gasteiger charge is -2.36. The summed E-state index contributed by atoms with van der Waals surface area (Å²) in [5, 5.41) is 6.23. The number of piperidine rings is 1. The Morgan fingerprint density at radius 3 is 2.36 bits per heavy atom. The second kappa shape index (κ2) is 8.80. The van der Waals surface area contributed by atoms with Gasteiger partial charge in [0.05, 0.1) is 0 Å². The zero-order chi connectivity index (χ0) is 20.3. The molecule has 0 radical (unpaired) electrons. The van der Waals surface area contributed by atoms with Gasteiger partial charge in [0.25, 0.3) is 0 Å². The highest BCUT2D eigenvalue weighted by Gasteiger charge is 2.35. The summed E-state index contributed by atoms with van der Waals surface area (Å²) in [6.45, 7) is 5.58. The molecule has 2 aliphatic rings. The monoisotopic (exact) mass is 415 g/mol. The summed E-state index contributed by atoms with van der Waals surface area (Å²) in [7, 11) is 0. The maximum atomic E-state index is 13.4. The molecule has 1 aromatic rings. The summed E-state index contributed by atoms with van der Waals surface area (Å²) in [5.74, 6) is 0.990. The summed E-state index contributed by atoms with van der Waals surface area (Å²) < 4.78 is 40.2. The van der Waals surface area contributed by atoms with E-state index in [9.17, 15) is 13.2 Å². The molecule has 0 amide bonds. The molecule has 0 spiro atoms. The number of anilines is 2. The predicted octanol–water partition coefficient (Wildman–Crippen LogP) is 4.60. The summed E-state index contributed by atoms with van der Waals surface area (Å²) in [5.41, 5.74) is -0.952. The summed E-state index contributed by atoms with van der Waals surface area (Å²) in [6.07, 6.45) is 2.03. The Balaban J connectivity index is 1.78. The number of aromatic nitrogens is 2. The highest BCUT2D eigenvalue weighted by Crippen LogP contribution is 2.32. The molecule has 2 fully saturated rings. The number of halogens is 3. The molecule has 0 unspecified atom stereocenters. The SMILES string of the molecule is C[C@@H]1C[C@@H](C)CN(c2cc(C(F)(F)F)nc(NC(=S)NC3CCCCC3)n2)C1. The molecule has 1 aliphatic heterocycles. The molecule has 0 bridgehead atoms. The molecular formula is C19H28F3N5S. The molecule has 5 nitrogen and oxygen atoms in total. The number of rotatable bonds is 3. The molecule has 0 aromatic carbocycles. The zero-order valence-electron chi connectivity index (χ0n) is 16.4. The minimum absolute atomic E-state index is 0.107. The highest BCUT2D eigenvalue weighted by molar-refractivity contribution is 7.80. The topological polar surface area (TPSA) is 53.1 Å². The minimum Gasteiger partial charge on any atom is -0.360 e. The lowest BCUT2D eigenvalue weighted by Crippen LogP contribution is -2.40. The smallest absolute Gasteiger partial charge is 0.360 e. The van der Waals surface area contributed by atoms with Crippen molar-refractivity contribution >= 4 is 29.1 Å². The highest BCUT2D eigenvalue weighted by atomic mass is 32.1. The average Bonchev–Trinajstić information content (AvgIpc) is 2.60. The van der Waals surface area contributed by atoms with E-state index in [1.165, 1.54) is 6.42 Å². The molecule has 2 atom stereocenters. The predicted molar refractivity (Wildman–Crippen MR) is 108 cm³/mol. The van der Waals surface area contributed by atoms with Crippen LogP contribution in [0.2, 0.25) is 0 Å². The molecule has 2 N–H and O–H groups in total. The quantitative estimate of drug-likeness (QED) is 0.704. The lowest BCUT2D eigenvalue weighted by atomic mass is 9.92. The largest absolute Gasteiger partial charge is 0.433 e. The Bertz CT molecular complexity index is 681. The number of alkyl halides is 3. The van der Waals surface area contributed by atoms with Gasteiger partial charge in [0, 0.05) is 25.2 Å². The van der Waals surface area contributed by atoms with Gasteiger partial charge in [0.15, 0.2) is 10.8 Å². The van der Waals surface area contributed by atoms with Gasteiger partial charge in [0.1, 0.15) is 5.82 Å². The van der Waals surface area contributed by atoms with Gasteiger partial charge in [-0.05, 0) is 43.3 Å². The molecule has 9 heteroatoms. The van der Waals surface area contributed by atoms with Crippen molar-refractivity contribution in [2.45, 2.75) is 64.6 Å². The molecular weight excluding hydrogens is 387 g/mol. The summed E-state index contributed by atoms with van der Waals surface area (Å²) in [4.78, 5) is 9.93. The van der Waals surface area contributed by atoms with Crippen LogP contribution in [0.25, 0.3) is 0 Å².